The monoisotopic (exact) mass is 212 g/mol. The Morgan fingerprint density at radius 3 is 2.20 bits per heavy atom. The van der Waals surface area contributed by atoms with Gasteiger partial charge >= 0.3 is 5.97 Å². The average molecular weight is 212 g/mol. The first-order valence-electron chi connectivity index (χ1n) is 4.34. The van der Waals surface area contributed by atoms with Crippen LogP contribution < -0.4 is 9.47 Å². The van der Waals surface area contributed by atoms with Gasteiger partial charge in [0.25, 0.3) is 0 Å². The van der Waals surface area contributed by atoms with Crippen LogP contribution in [0.15, 0.2) is 6.33 Å². The zero-order valence-electron chi connectivity index (χ0n) is 8.81. The van der Waals surface area contributed by atoms with E-state index in [4.69, 9.17) is 14.2 Å². The summed E-state index contributed by atoms with van der Waals surface area (Å²) < 4.78 is 14.7. The van der Waals surface area contributed by atoms with Crippen LogP contribution in [0, 0.1) is 0 Å². The first kappa shape index (κ1) is 11.2. The smallest absolute Gasteiger partial charge is 0.349 e. The predicted octanol–water partition coefficient (Wildman–Crippen LogP) is 0.670. The van der Waals surface area contributed by atoms with Crippen LogP contribution in [0.5, 0.6) is 11.8 Å². The van der Waals surface area contributed by atoms with Gasteiger partial charge in [0.2, 0.25) is 11.8 Å². The highest BCUT2D eigenvalue weighted by Crippen LogP contribution is 2.23. The number of methoxy groups -OCH3 is 2. The predicted molar refractivity (Wildman–Crippen MR) is 51.1 cm³/mol. The van der Waals surface area contributed by atoms with Crippen molar-refractivity contribution in [2.75, 3.05) is 20.8 Å². The van der Waals surface area contributed by atoms with E-state index in [1.165, 1.54) is 20.5 Å². The summed E-state index contributed by atoms with van der Waals surface area (Å²) in [6.45, 7) is 1.97. The van der Waals surface area contributed by atoms with Gasteiger partial charge < -0.3 is 14.2 Å². The van der Waals surface area contributed by atoms with Crippen LogP contribution in [0.3, 0.4) is 0 Å². The molecule has 0 fully saturated rings. The van der Waals surface area contributed by atoms with Crippen LogP contribution in [0.25, 0.3) is 0 Å². The minimum absolute atomic E-state index is 0.101. The van der Waals surface area contributed by atoms with E-state index < -0.39 is 5.97 Å². The average Bonchev–Trinajstić information content (AvgIpc) is 2.28. The maximum Gasteiger partial charge on any atom is 0.349 e. The fourth-order valence-corrected chi connectivity index (χ4v) is 1.04. The first-order valence-corrected chi connectivity index (χ1v) is 4.34. The van der Waals surface area contributed by atoms with Crippen LogP contribution in [0.2, 0.25) is 0 Å². The van der Waals surface area contributed by atoms with Crippen molar-refractivity contribution in [3.63, 3.8) is 0 Å². The maximum atomic E-state index is 11.5. The molecule has 0 aliphatic heterocycles. The van der Waals surface area contributed by atoms with Crippen molar-refractivity contribution < 1.29 is 19.0 Å². The molecular weight excluding hydrogens is 200 g/mol. The molecule has 0 spiro atoms. The quantitative estimate of drug-likeness (QED) is 0.683. The Morgan fingerprint density at radius 2 is 1.80 bits per heavy atom. The van der Waals surface area contributed by atoms with Gasteiger partial charge in [-0.25, -0.2) is 14.8 Å². The van der Waals surface area contributed by atoms with Gasteiger partial charge in [-0.05, 0) is 6.92 Å². The van der Waals surface area contributed by atoms with Crippen molar-refractivity contribution >= 4 is 5.97 Å². The highest BCUT2D eigenvalue weighted by Gasteiger charge is 2.21. The van der Waals surface area contributed by atoms with E-state index in [0.29, 0.717) is 0 Å². The lowest BCUT2D eigenvalue weighted by atomic mass is 10.3. The third-order valence-corrected chi connectivity index (χ3v) is 1.64. The van der Waals surface area contributed by atoms with Crippen molar-refractivity contribution in [1.82, 2.24) is 9.97 Å². The summed E-state index contributed by atoms with van der Waals surface area (Å²) in [4.78, 5) is 19.1. The number of rotatable bonds is 4. The van der Waals surface area contributed by atoms with Gasteiger partial charge in [-0.3, -0.25) is 0 Å². The third kappa shape index (κ3) is 2.34. The summed E-state index contributed by atoms with van der Waals surface area (Å²) in [5.41, 5.74) is 0.101. The topological polar surface area (TPSA) is 70.5 Å². The number of nitrogens with zero attached hydrogens (tertiary/aromatic N) is 2. The van der Waals surface area contributed by atoms with Gasteiger partial charge in [0.05, 0.1) is 20.8 Å². The molecular formula is C9H12N2O4. The summed E-state index contributed by atoms with van der Waals surface area (Å²) in [6.07, 6.45) is 1.25. The second-order valence-electron chi connectivity index (χ2n) is 2.49. The van der Waals surface area contributed by atoms with Crippen molar-refractivity contribution in [1.29, 1.82) is 0 Å². The Bertz CT molecular complexity index is 332. The number of carbonyl (C=O) groups is 1. The third-order valence-electron chi connectivity index (χ3n) is 1.64. The zero-order valence-corrected chi connectivity index (χ0v) is 8.81. The second-order valence-corrected chi connectivity index (χ2v) is 2.49. The molecule has 0 radical (unpaired) electrons. The summed E-state index contributed by atoms with van der Waals surface area (Å²) in [5.74, 6) is -0.285. The highest BCUT2D eigenvalue weighted by atomic mass is 16.5. The van der Waals surface area contributed by atoms with Crippen LogP contribution >= 0.6 is 0 Å². The molecule has 1 aromatic rings. The standard InChI is InChI=1S/C9H12N2O4/c1-4-15-9(12)6-7(13-2)10-5-11-8(6)14-3/h5H,4H2,1-3H3. The first-order chi connectivity index (χ1) is 7.24. The van der Waals surface area contributed by atoms with Crippen molar-refractivity contribution in [2.24, 2.45) is 0 Å². The number of aromatic nitrogens is 2. The van der Waals surface area contributed by atoms with Crippen LogP contribution in [0.4, 0.5) is 0 Å². The summed E-state index contributed by atoms with van der Waals surface area (Å²) >= 11 is 0. The molecule has 0 saturated heterocycles. The lowest BCUT2D eigenvalue weighted by molar-refractivity contribution is 0.0516. The van der Waals surface area contributed by atoms with Crippen molar-refractivity contribution in [3.05, 3.63) is 11.9 Å². The molecule has 0 atom stereocenters. The van der Waals surface area contributed by atoms with E-state index in [1.807, 2.05) is 0 Å². The van der Waals surface area contributed by atoms with E-state index >= 15 is 0 Å². The molecule has 0 bridgehead atoms. The molecule has 6 heteroatoms. The molecule has 15 heavy (non-hydrogen) atoms. The van der Waals surface area contributed by atoms with E-state index in [-0.39, 0.29) is 23.9 Å². The molecule has 0 N–H and O–H groups in total. The van der Waals surface area contributed by atoms with Gasteiger partial charge in [0.15, 0.2) is 5.56 Å². The molecule has 0 amide bonds. The number of hydrogen-bond acceptors (Lipinski definition) is 6. The second kappa shape index (κ2) is 5.14. The van der Waals surface area contributed by atoms with E-state index in [9.17, 15) is 4.79 Å². The van der Waals surface area contributed by atoms with E-state index in [0.717, 1.165) is 0 Å². The molecule has 0 unspecified atom stereocenters. The molecule has 0 aromatic carbocycles. The van der Waals surface area contributed by atoms with Gasteiger partial charge in [-0.15, -0.1) is 0 Å². The summed E-state index contributed by atoms with van der Waals surface area (Å²) in [7, 11) is 2.81. The fraction of sp³-hybridized carbons (Fsp3) is 0.444. The van der Waals surface area contributed by atoms with Gasteiger partial charge in [0.1, 0.15) is 6.33 Å². The normalized spacial score (nSPS) is 9.53. The van der Waals surface area contributed by atoms with Crippen LogP contribution in [0.1, 0.15) is 17.3 Å². The Balaban J connectivity index is 3.15. The Morgan fingerprint density at radius 1 is 1.27 bits per heavy atom. The minimum Gasteiger partial charge on any atom is -0.480 e. The van der Waals surface area contributed by atoms with Crippen molar-refractivity contribution in [2.45, 2.75) is 6.92 Å². The molecule has 0 aliphatic carbocycles. The summed E-state index contributed by atoms with van der Waals surface area (Å²) in [6, 6.07) is 0. The molecule has 1 aromatic heterocycles. The Hall–Kier alpha value is -1.85. The lowest BCUT2D eigenvalue weighted by Gasteiger charge is -2.09. The molecule has 6 nitrogen and oxygen atoms in total. The fourth-order valence-electron chi connectivity index (χ4n) is 1.04. The minimum atomic E-state index is -0.563. The van der Waals surface area contributed by atoms with E-state index in [1.54, 1.807) is 6.92 Å². The van der Waals surface area contributed by atoms with Crippen molar-refractivity contribution in [3.8, 4) is 11.8 Å². The summed E-state index contributed by atoms with van der Waals surface area (Å²) in [5, 5.41) is 0. The lowest BCUT2D eigenvalue weighted by Crippen LogP contribution is -2.11. The van der Waals surface area contributed by atoms with Gasteiger partial charge in [0, 0.05) is 0 Å². The van der Waals surface area contributed by atoms with Gasteiger partial charge in [-0.2, -0.15) is 0 Å². The molecule has 0 saturated carbocycles. The number of carbonyl (C=O) groups excluding carboxylic acids is 1. The zero-order chi connectivity index (χ0) is 11.3. The van der Waals surface area contributed by atoms with Crippen LogP contribution in [-0.2, 0) is 4.74 Å². The maximum absolute atomic E-state index is 11.5. The molecule has 0 aliphatic rings. The number of esters is 1. The van der Waals surface area contributed by atoms with Gasteiger partial charge in [-0.1, -0.05) is 0 Å². The largest absolute Gasteiger partial charge is 0.480 e. The van der Waals surface area contributed by atoms with E-state index in [2.05, 4.69) is 9.97 Å². The number of ether oxygens (including phenoxy) is 3. The Labute approximate surface area is 87.2 Å². The highest BCUT2D eigenvalue weighted by molar-refractivity contribution is 5.94. The SMILES string of the molecule is CCOC(=O)c1c(OC)ncnc1OC. The molecule has 82 valence electrons. The molecule has 1 rings (SSSR count). The molecule has 1 heterocycles. The number of hydrogen-bond donors (Lipinski definition) is 0. The van der Waals surface area contributed by atoms with Crippen LogP contribution in [-0.4, -0.2) is 36.8 Å². The Kier molecular flexibility index (Phi) is 3.84.